The van der Waals surface area contributed by atoms with Gasteiger partial charge in [0.25, 0.3) is 0 Å². The molecule has 4 fully saturated rings. The van der Waals surface area contributed by atoms with Crippen molar-refractivity contribution in [2.24, 2.45) is 39.9 Å². The van der Waals surface area contributed by atoms with Gasteiger partial charge < -0.3 is 28.4 Å². The van der Waals surface area contributed by atoms with Crippen molar-refractivity contribution in [2.45, 2.75) is 132 Å². The summed E-state index contributed by atoms with van der Waals surface area (Å²) in [6.07, 6.45) is -3.34. The molecule has 88 heavy (non-hydrogen) atoms. The fourth-order valence-corrected chi connectivity index (χ4v) is 12.8. The number of hydrogen-bond acceptors (Lipinski definition) is 14. The summed E-state index contributed by atoms with van der Waals surface area (Å²) in [6.45, 7) is 9.27. The largest absolute Gasteiger partial charge is 0.482 e. The fourth-order valence-electron chi connectivity index (χ4n) is 10.3. The quantitative estimate of drug-likeness (QED) is 0.0362. The van der Waals surface area contributed by atoms with E-state index in [1.165, 1.54) is 11.6 Å². The van der Waals surface area contributed by atoms with Gasteiger partial charge in [-0.3, -0.25) is 4.79 Å². The van der Waals surface area contributed by atoms with E-state index in [9.17, 15) is 79.9 Å². The number of sulfonamides is 2. The van der Waals surface area contributed by atoms with Crippen LogP contribution in [0.15, 0.2) is 92.0 Å². The molecule has 0 aliphatic heterocycles. The Hall–Kier alpha value is -6.66. The first-order chi connectivity index (χ1) is 40.9. The lowest BCUT2D eigenvalue weighted by atomic mass is 9.96. The standard InChI is InChI=1S/C19H19F5O3.C17H13F5O3.C12H21NO4S.C10H15NO4S.F2/c1-3-12(2)13-4-5-15-9-16(7-6-14(15)8-13)26-10-17(25)27-11-18(20,21)19(22,23)24;1-2-11-3-4-13-8-14(6-5-12(13)7-11)24-9-15(23)25-10-16(18,19)17(20,21)22;1-3-7(2)12(14)17-10-5-9-4-8(10)6-11(9)18(13,15)16;1-2-10(12)15-8-4-7-3-6(8)5-9(7)16(11,13)14;1-2/h4-9,12H,3,10-11H2,1-2H3;2-8H,1,9-10H2;7-11H,3-6H2,1-2H3,(H2,13,15,16);2,6-9H,1,3-5H2,(H2,11,13,14);. The summed E-state index contributed by atoms with van der Waals surface area (Å²) in [5, 5.41) is 13.0. The van der Waals surface area contributed by atoms with Gasteiger partial charge in [0.2, 0.25) is 20.0 Å². The molecule has 0 saturated heterocycles. The number of carbonyl (C=O) groups is 4. The number of halogens is 12. The van der Waals surface area contributed by atoms with Crippen molar-refractivity contribution in [2.75, 3.05) is 26.4 Å². The highest BCUT2D eigenvalue weighted by Crippen LogP contribution is 2.50. The molecule has 4 bridgehead atoms. The zero-order valence-corrected chi connectivity index (χ0v) is 49.6. The van der Waals surface area contributed by atoms with Crippen LogP contribution >= 0.6 is 0 Å². The predicted molar refractivity (Wildman–Crippen MR) is 299 cm³/mol. The van der Waals surface area contributed by atoms with Crippen molar-refractivity contribution in [3.63, 3.8) is 0 Å². The second-order valence-electron chi connectivity index (χ2n) is 21.5. The highest BCUT2D eigenvalue weighted by molar-refractivity contribution is 7.90. The Balaban J connectivity index is 0.000000253. The smallest absolute Gasteiger partial charge is 0.456 e. The van der Waals surface area contributed by atoms with Crippen molar-refractivity contribution in [3.05, 3.63) is 103 Å². The first-order valence-corrected chi connectivity index (χ1v) is 30.5. The number of rotatable bonds is 20. The summed E-state index contributed by atoms with van der Waals surface area (Å²) in [4.78, 5) is 45.4. The number of ether oxygens (including phenoxy) is 6. The molecule has 30 heteroatoms. The van der Waals surface area contributed by atoms with Crippen molar-refractivity contribution in [1.29, 1.82) is 0 Å². The summed E-state index contributed by atoms with van der Waals surface area (Å²) < 4.78 is 213. The zero-order chi connectivity index (χ0) is 66.3. The van der Waals surface area contributed by atoms with E-state index in [0.717, 1.165) is 58.9 Å². The maximum absolute atomic E-state index is 12.7. The van der Waals surface area contributed by atoms with Gasteiger partial charge in [-0.05, 0) is 144 Å². The molecule has 4 aliphatic rings. The van der Waals surface area contributed by atoms with Crippen LogP contribution in [-0.2, 0) is 58.2 Å². The molecule has 10 unspecified atom stereocenters. The highest BCUT2D eigenvalue weighted by atomic mass is 32.2. The first-order valence-electron chi connectivity index (χ1n) is 27.3. The Morgan fingerprint density at radius 2 is 0.977 bits per heavy atom. The van der Waals surface area contributed by atoms with Gasteiger partial charge in [-0.15, -0.1) is 0 Å². The molecule has 8 rings (SSSR count). The number of fused-ring (bicyclic) bond motifs is 6. The topological polar surface area (TPSA) is 244 Å². The molecule has 4 aromatic carbocycles. The van der Waals surface area contributed by atoms with Crippen LogP contribution in [0.4, 0.5) is 53.1 Å². The average molecular weight is 1310 g/mol. The Morgan fingerprint density at radius 3 is 1.35 bits per heavy atom. The van der Waals surface area contributed by atoms with Crippen LogP contribution in [0.2, 0.25) is 0 Å². The molecule has 4 aliphatic carbocycles. The summed E-state index contributed by atoms with van der Waals surface area (Å²) >= 11 is 0. The minimum absolute atomic E-state index is 0.0441. The van der Waals surface area contributed by atoms with Crippen LogP contribution in [-0.4, -0.2) is 114 Å². The van der Waals surface area contributed by atoms with Crippen molar-refractivity contribution >= 4 is 71.5 Å². The van der Waals surface area contributed by atoms with Crippen LogP contribution in [0.3, 0.4) is 0 Å². The van der Waals surface area contributed by atoms with Crippen molar-refractivity contribution < 1.29 is 117 Å². The molecule has 490 valence electrons. The highest BCUT2D eigenvalue weighted by Gasteiger charge is 2.59. The van der Waals surface area contributed by atoms with Gasteiger partial charge in [-0.25, -0.2) is 41.5 Å². The van der Waals surface area contributed by atoms with Gasteiger partial charge in [0.15, 0.2) is 26.4 Å². The first kappa shape index (κ1) is 73.8. The number of nitrogens with two attached hydrogens (primary N) is 2. The third kappa shape index (κ3) is 20.7. The monoisotopic (exact) mass is 1310 g/mol. The van der Waals surface area contributed by atoms with E-state index in [0.29, 0.717) is 31.6 Å². The van der Waals surface area contributed by atoms with E-state index in [4.69, 9.17) is 38.4 Å². The van der Waals surface area contributed by atoms with Gasteiger partial charge in [0.05, 0.1) is 16.4 Å². The number of alkyl halides is 10. The summed E-state index contributed by atoms with van der Waals surface area (Å²) in [5.74, 6) is -12.2. The Morgan fingerprint density at radius 1 is 0.568 bits per heavy atom. The average Bonchev–Trinajstić information content (AvgIpc) is 2.37. The molecule has 4 aromatic rings. The molecule has 16 nitrogen and oxygen atoms in total. The lowest BCUT2D eigenvalue weighted by Gasteiger charge is -2.27. The van der Waals surface area contributed by atoms with Gasteiger partial charge in [-0.2, -0.15) is 43.9 Å². The lowest BCUT2D eigenvalue weighted by molar-refractivity contribution is -0.294. The number of hydrogen-bond donors (Lipinski definition) is 2. The Labute approximate surface area is 500 Å². The molecular formula is C58H68F12N2O14S2. The van der Waals surface area contributed by atoms with Gasteiger partial charge in [0, 0.05) is 15.2 Å². The summed E-state index contributed by atoms with van der Waals surface area (Å²) in [6, 6.07) is 21.2. The molecule has 4 saturated carbocycles. The normalized spacial score (nSPS) is 21.9. The molecule has 0 amide bonds. The zero-order valence-electron chi connectivity index (χ0n) is 48.0. The molecule has 0 aromatic heterocycles. The predicted octanol–water partition coefficient (Wildman–Crippen LogP) is 12.1. The third-order valence-electron chi connectivity index (χ3n) is 15.5. The van der Waals surface area contributed by atoms with E-state index < -0.39 is 99.1 Å². The van der Waals surface area contributed by atoms with Crippen LogP contribution in [0, 0.1) is 29.6 Å². The number of primary sulfonamides is 2. The van der Waals surface area contributed by atoms with Crippen LogP contribution < -0.4 is 19.8 Å². The van der Waals surface area contributed by atoms with Crippen LogP contribution in [0.5, 0.6) is 11.5 Å². The van der Waals surface area contributed by atoms with Crippen molar-refractivity contribution in [1.82, 2.24) is 0 Å². The van der Waals surface area contributed by atoms with Crippen LogP contribution in [0.25, 0.3) is 27.6 Å². The fraction of sp³-hybridized carbons (Fsp3) is 0.517. The van der Waals surface area contributed by atoms with Gasteiger partial charge in [0.1, 0.15) is 23.7 Å². The maximum atomic E-state index is 12.7. The van der Waals surface area contributed by atoms with Crippen molar-refractivity contribution in [3.8, 4) is 11.5 Å². The third-order valence-corrected chi connectivity index (χ3v) is 18.3. The van der Waals surface area contributed by atoms with Gasteiger partial charge in [-0.1, -0.05) is 89.4 Å². The molecule has 0 heterocycles. The Bertz CT molecular complexity index is 3300. The SMILES string of the molecule is C=CC(=O)OC1CC2CC1CC2S(N)(=O)=O.C=Cc1ccc2cc(OCC(=O)OCC(F)(F)C(F)(F)F)ccc2c1.CCC(C)C(=O)OC1CC2CC1CC2S(N)(=O)=O.CCC(C)c1ccc2cc(OCC(=O)OCC(F)(F)C(F)(F)F)ccc2c1.FF. The number of carbonyl (C=O) groups excluding carboxylic acids is 4. The second kappa shape index (κ2) is 31.2. The molecular weight excluding hydrogens is 1240 g/mol. The van der Waals surface area contributed by atoms with E-state index in [1.807, 2.05) is 44.2 Å². The molecule has 0 radical (unpaired) electrons. The number of esters is 4. The minimum atomic E-state index is -5.78. The molecule has 10 atom stereocenters. The van der Waals surface area contributed by atoms with E-state index in [-0.39, 0.29) is 59.3 Å². The summed E-state index contributed by atoms with van der Waals surface area (Å²) in [5.41, 5.74) is 2.10. The second-order valence-corrected chi connectivity index (χ2v) is 25.1. The van der Waals surface area contributed by atoms with E-state index in [1.54, 1.807) is 42.5 Å². The van der Waals surface area contributed by atoms with E-state index in [2.05, 4.69) is 36.5 Å². The molecule has 4 N–H and O–H groups in total. The Kier molecular flexibility index (Phi) is 26.2. The number of benzene rings is 4. The van der Waals surface area contributed by atoms with Gasteiger partial charge >= 0.3 is 48.1 Å². The maximum Gasteiger partial charge on any atom is 0.456 e. The van der Waals surface area contributed by atoms with E-state index >= 15 is 0 Å². The van der Waals surface area contributed by atoms with Crippen LogP contribution in [0.1, 0.15) is 96.1 Å². The lowest BCUT2D eigenvalue weighted by Crippen LogP contribution is -2.41. The molecule has 0 spiro atoms. The minimum Gasteiger partial charge on any atom is -0.482 e. The summed E-state index contributed by atoms with van der Waals surface area (Å²) in [7, 11) is -6.90.